The second-order valence-corrected chi connectivity index (χ2v) is 1.35. The number of hydrogen-bond donors (Lipinski definition) is 4. The van der Waals surface area contributed by atoms with Crippen LogP contribution < -0.4 is 5.32 Å². The summed E-state index contributed by atoms with van der Waals surface area (Å²) in [7, 11) is 0. The van der Waals surface area contributed by atoms with Crippen molar-refractivity contribution >= 4 is 5.91 Å². The molecule has 0 heterocycles. The van der Waals surface area contributed by atoms with Crippen LogP contribution in [0.4, 0.5) is 0 Å². The molecule has 5 heteroatoms. The van der Waals surface area contributed by atoms with Gasteiger partial charge in [-0.2, -0.15) is 0 Å². The molecule has 0 fully saturated rings. The lowest BCUT2D eigenvalue weighted by Gasteiger charge is -1.89. The van der Waals surface area contributed by atoms with Crippen molar-refractivity contribution in [3.8, 4) is 0 Å². The highest BCUT2D eigenvalue weighted by atomic mass is 16.3. The van der Waals surface area contributed by atoms with Gasteiger partial charge in [0.25, 0.3) is 0 Å². The quantitative estimate of drug-likeness (QED) is 0.292. The molecule has 0 radical (unpaired) electrons. The maximum Gasteiger partial charge on any atom is 0.245 e. The number of nitrogens with one attached hydrogen (secondary N) is 1. The summed E-state index contributed by atoms with van der Waals surface area (Å²) in [5.41, 5.74) is 0. The maximum atomic E-state index is 10.0. The van der Waals surface area contributed by atoms with Gasteiger partial charge in [-0.25, -0.2) is 0 Å². The van der Waals surface area contributed by atoms with Gasteiger partial charge in [0.1, 0.15) is 6.73 Å². The number of rotatable bonds is 3. The Morgan fingerprint density at radius 2 is 1.82 bits per heavy atom. The number of carbonyl (C=O) groups is 1. The Kier molecular flexibility index (Phi) is 13.7. The van der Waals surface area contributed by atoms with Crippen molar-refractivity contribution in [2.75, 3.05) is 19.9 Å². The molecule has 0 saturated heterocycles. The van der Waals surface area contributed by atoms with Crippen LogP contribution in [0.1, 0.15) is 0 Å². The summed E-state index contributed by atoms with van der Waals surface area (Å²) >= 11 is 0. The molecule has 0 aromatic carbocycles. The molecule has 4 N–H and O–H groups in total. The Morgan fingerprint density at radius 1 is 1.36 bits per heavy atom. The van der Waals surface area contributed by atoms with Crippen LogP contribution >= 0.6 is 0 Å². The fourth-order valence-corrected chi connectivity index (χ4v) is 0.150. The van der Waals surface area contributed by atoms with Crippen LogP contribution in [0, 0.1) is 0 Å². The zero-order valence-electron chi connectivity index (χ0n) is 6.16. The van der Waals surface area contributed by atoms with Gasteiger partial charge >= 0.3 is 0 Å². The lowest BCUT2D eigenvalue weighted by molar-refractivity contribution is -0.117. The van der Waals surface area contributed by atoms with Gasteiger partial charge in [-0.1, -0.05) is 6.58 Å². The molecule has 0 aliphatic rings. The summed E-state index contributed by atoms with van der Waals surface area (Å²) in [6, 6.07) is 0. The fraction of sp³-hybridized carbons (Fsp3) is 0.500. The van der Waals surface area contributed by atoms with Crippen molar-refractivity contribution in [1.29, 1.82) is 0 Å². The Labute approximate surface area is 65.0 Å². The van der Waals surface area contributed by atoms with Crippen molar-refractivity contribution < 1.29 is 20.1 Å². The molecule has 0 aliphatic heterocycles. The monoisotopic (exact) mass is 163 g/mol. The first kappa shape index (κ1) is 12.7. The predicted octanol–water partition coefficient (Wildman–Crippen LogP) is -1.79. The van der Waals surface area contributed by atoms with E-state index in [-0.39, 0.29) is 25.9 Å². The molecular formula is C6H13NO4. The maximum absolute atomic E-state index is 10.0. The SMILES string of the molecule is C=CC(=O)NCO.OCCO. The summed E-state index contributed by atoms with van der Waals surface area (Å²) in [4.78, 5) is 10.0. The highest BCUT2D eigenvalue weighted by molar-refractivity contribution is 5.86. The van der Waals surface area contributed by atoms with E-state index in [1.807, 2.05) is 0 Å². The first-order chi connectivity index (χ1) is 5.22. The minimum atomic E-state index is -0.359. The summed E-state index contributed by atoms with van der Waals surface area (Å²) in [5.74, 6) is -0.359. The van der Waals surface area contributed by atoms with Gasteiger partial charge in [0, 0.05) is 0 Å². The van der Waals surface area contributed by atoms with E-state index in [1.54, 1.807) is 0 Å². The molecule has 0 unspecified atom stereocenters. The molecular weight excluding hydrogens is 150 g/mol. The zero-order chi connectivity index (χ0) is 9.11. The van der Waals surface area contributed by atoms with Crippen LogP contribution in [0.15, 0.2) is 12.7 Å². The molecule has 11 heavy (non-hydrogen) atoms. The van der Waals surface area contributed by atoms with Crippen molar-refractivity contribution in [1.82, 2.24) is 5.32 Å². The van der Waals surface area contributed by atoms with E-state index in [0.717, 1.165) is 6.08 Å². The second-order valence-electron chi connectivity index (χ2n) is 1.35. The highest BCUT2D eigenvalue weighted by Crippen LogP contribution is 1.59. The van der Waals surface area contributed by atoms with Gasteiger partial charge in [0.05, 0.1) is 13.2 Å². The van der Waals surface area contributed by atoms with Crippen LogP contribution in [0.3, 0.4) is 0 Å². The molecule has 0 spiro atoms. The van der Waals surface area contributed by atoms with Gasteiger partial charge in [0.2, 0.25) is 5.91 Å². The summed E-state index contributed by atoms with van der Waals surface area (Å²) in [6.07, 6.45) is 1.09. The third-order valence-corrected chi connectivity index (χ3v) is 0.539. The molecule has 0 aliphatic carbocycles. The molecule has 0 bridgehead atoms. The highest BCUT2D eigenvalue weighted by Gasteiger charge is 1.84. The fourth-order valence-electron chi connectivity index (χ4n) is 0.150. The Bertz CT molecular complexity index is 103. The van der Waals surface area contributed by atoms with Crippen LogP contribution in [0.5, 0.6) is 0 Å². The van der Waals surface area contributed by atoms with Gasteiger partial charge in [-0.05, 0) is 6.08 Å². The largest absolute Gasteiger partial charge is 0.394 e. The van der Waals surface area contributed by atoms with Gasteiger partial charge in [0.15, 0.2) is 0 Å². The van der Waals surface area contributed by atoms with E-state index in [0.29, 0.717) is 0 Å². The van der Waals surface area contributed by atoms with Crippen LogP contribution in [-0.2, 0) is 4.79 Å². The smallest absolute Gasteiger partial charge is 0.245 e. The van der Waals surface area contributed by atoms with Gasteiger partial charge in [-0.15, -0.1) is 0 Å². The number of amides is 1. The minimum absolute atomic E-state index is 0.125. The third-order valence-electron chi connectivity index (χ3n) is 0.539. The summed E-state index contributed by atoms with van der Waals surface area (Å²) in [5, 5.41) is 25.3. The molecule has 0 aromatic heterocycles. The molecule has 0 rings (SSSR count). The summed E-state index contributed by atoms with van der Waals surface area (Å²) < 4.78 is 0. The molecule has 66 valence electrons. The van der Waals surface area contributed by atoms with Crippen molar-refractivity contribution in [2.45, 2.75) is 0 Å². The van der Waals surface area contributed by atoms with Gasteiger partial charge < -0.3 is 20.6 Å². The number of aliphatic hydroxyl groups is 3. The van der Waals surface area contributed by atoms with E-state index in [2.05, 4.69) is 11.9 Å². The van der Waals surface area contributed by atoms with Crippen molar-refractivity contribution in [3.05, 3.63) is 12.7 Å². The average Bonchev–Trinajstić information content (AvgIpc) is 2.05. The molecule has 0 aromatic rings. The zero-order valence-corrected chi connectivity index (χ0v) is 6.16. The van der Waals surface area contributed by atoms with Crippen LogP contribution in [0.25, 0.3) is 0 Å². The van der Waals surface area contributed by atoms with E-state index in [4.69, 9.17) is 15.3 Å². The standard InChI is InChI=1S/C4H7NO2.C2H6O2/c1-2-4(7)5-3-6;3-1-2-4/h2,6H,1,3H2,(H,5,7);3-4H,1-2H2. The summed E-state index contributed by atoms with van der Waals surface area (Å²) in [6.45, 7) is 2.58. The lowest BCUT2D eigenvalue weighted by atomic mass is 10.6. The van der Waals surface area contributed by atoms with Crippen LogP contribution in [-0.4, -0.2) is 41.2 Å². The van der Waals surface area contributed by atoms with E-state index in [1.165, 1.54) is 0 Å². The first-order valence-corrected chi connectivity index (χ1v) is 2.95. The normalized spacial score (nSPS) is 7.55. The van der Waals surface area contributed by atoms with Crippen molar-refractivity contribution in [3.63, 3.8) is 0 Å². The minimum Gasteiger partial charge on any atom is -0.394 e. The average molecular weight is 163 g/mol. The van der Waals surface area contributed by atoms with E-state index < -0.39 is 0 Å². The third kappa shape index (κ3) is 17.6. The van der Waals surface area contributed by atoms with Gasteiger partial charge in [-0.3, -0.25) is 4.79 Å². The Balaban J connectivity index is 0. The van der Waals surface area contributed by atoms with Crippen molar-refractivity contribution in [2.24, 2.45) is 0 Å². The number of carbonyl (C=O) groups excluding carboxylic acids is 1. The molecule has 0 atom stereocenters. The molecule has 5 nitrogen and oxygen atoms in total. The Hall–Kier alpha value is -0.910. The first-order valence-electron chi connectivity index (χ1n) is 2.95. The van der Waals surface area contributed by atoms with Crippen LogP contribution in [0.2, 0.25) is 0 Å². The van der Waals surface area contributed by atoms with E-state index in [9.17, 15) is 4.79 Å². The van der Waals surface area contributed by atoms with E-state index >= 15 is 0 Å². The number of hydrogen-bond acceptors (Lipinski definition) is 4. The topological polar surface area (TPSA) is 89.8 Å². The molecule has 0 saturated carbocycles. The number of aliphatic hydroxyl groups excluding tert-OH is 3. The predicted molar refractivity (Wildman–Crippen MR) is 39.6 cm³/mol. The Morgan fingerprint density at radius 3 is 1.91 bits per heavy atom. The second kappa shape index (κ2) is 11.8. The lowest BCUT2D eigenvalue weighted by Crippen LogP contribution is -2.20. The molecule has 1 amide bonds.